The Morgan fingerprint density at radius 3 is 2.62 bits per heavy atom. The van der Waals surface area contributed by atoms with Gasteiger partial charge in [-0.3, -0.25) is 0 Å². The number of aryl methyl sites for hydroxylation is 2. The van der Waals surface area contributed by atoms with E-state index < -0.39 is 0 Å². The first kappa shape index (κ1) is 16.0. The van der Waals surface area contributed by atoms with Gasteiger partial charge < -0.3 is 5.32 Å². The number of aromatic nitrogens is 3. The molecule has 114 valence electrons. The summed E-state index contributed by atoms with van der Waals surface area (Å²) in [5.74, 6) is 0.830. The first-order valence-corrected chi connectivity index (χ1v) is 7.89. The predicted octanol–water partition coefficient (Wildman–Crippen LogP) is 3.54. The van der Waals surface area contributed by atoms with Gasteiger partial charge >= 0.3 is 0 Å². The van der Waals surface area contributed by atoms with Gasteiger partial charge in [0, 0.05) is 18.3 Å². The summed E-state index contributed by atoms with van der Waals surface area (Å²) in [6.45, 7) is 9.11. The molecule has 2 aromatic heterocycles. The second-order valence-corrected chi connectivity index (χ2v) is 5.79. The minimum Gasteiger partial charge on any atom is -0.309 e. The maximum absolute atomic E-state index is 6.24. The predicted molar refractivity (Wildman–Crippen MR) is 87.1 cm³/mol. The van der Waals surface area contributed by atoms with Crippen LogP contribution in [0, 0.1) is 0 Å². The van der Waals surface area contributed by atoms with Gasteiger partial charge in [-0.1, -0.05) is 39.3 Å². The van der Waals surface area contributed by atoms with E-state index in [1.54, 1.807) is 0 Å². The van der Waals surface area contributed by atoms with E-state index in [9.17, 15) is 0 Å². The van der Waals surface area contributed by atoms with Gasteiger partial charge in [0.05, 0.1) is 16.4 Å². The third-order valence-electron chi connectivity index (χ3n) is 3.36. The summed E-state index contributed by atoms with van der Waals surface area (Å²) in [6, 6.07) is 6.36. The molecule has 2 aromatic rings. The largest absolute Gasteiger partial charge is 0.309 e. The highest BCUT2D eigenvalue weighted by molar-refractivity contribution is 6.31. The topological polar surface area (TPSA) is 42.7 Å². The summed E-state index contributed by atoms with van der Waals surface area (Å²) >= 11 is 6.24. The Balaban J connectivity index is 2.35. The zero-order valence-electron chi connectivity index (χ0n) is 13.2. The van der Waals surface area contributed by atoms with Crippen molar-refractivity contribution in [2.45, 2.75) is 53.1 Å². The molecule has 0 saturated carbocycles. The van der Waals surface area contributed by atoms with Crippen LogP contribution in [0.15, 0.2) is 18.2 Å². The van der Waals surface area contributed by atoms with Gasteiger partial charge in [-0.25, -0.2) is 9.67 Å². The summed E-state index contributed by atoms with van der Waals surface area (Å²) in [4.78, 5) is 4.68. The fourth-order valence-corrected chi connectivity index (χ4v) is 2.29. The number of halogens is 1. The number of nitrogens with zero attached hydrogens (tertiary/aromatic N) is 3. The quantitative estimate of drug-likeness (QED) is 0.887. The van der Waals surface area contributed by atoms with Crippen LogP contribution in [0.2, 0.25) is 5.02 Å². The Morgan fingerprint density at radius 2 is 2.00 bits per heavy atom. The van der Waals surface area contributed by atoms with Crippen LogP contribution in [0.25, 0.3) is 5.82 Å². The van der Waals surface area contributed by atoms with Gasteiger partial charge in [0.2, 0.25) is 0 Å². The lowest BCUT2D eigenvalue weighted by molar-refractivity contribution is 0.580. The van der Waals surface area contributed by atoms with Crippen molar-refractivity contribution in [3.63, 3.8) is 0 Å². The minimum atomic E-state index is 0.397. The van der Waals surface area contributed by atoms with E-state index in [4.69, 9.17) is 11.6 Å². The van der Waals surface area contributed by atoms with Gasteiger partial charge in [0.25, 0.3) is 0 Å². The number of nitrogens with one attached hydrogen (secondary N) is 1. The van der Waals surface area contributed by atoms with E-state index >= 15 is 0 Å². The molecule has 0 radical (unpaired) electrons. The maximum Gasteiger partial charge on any atom is 0.154 e. The molecule has 4 nitrogen and oxygen atoms in total. The molecule has 0 aliphatic rings. The van der Waals surface area contributed by atoms with Crippen molar-refractivity contribution in [1.82, 2.24) is 20.1 Å². The third-order valence-corrected chi connectivity index (χ3v) is 3.70. The lowest BCUT2D eigenvalue weighted by atomic mass is 10.2. The SMILES string of the molecule is CCc1cc(CC)n(-c2ccc(Cl)c(CNC(C)C)n2)n1. The summed E-state index contributed by atoms with van der Waals surface area (Å²) in [7, 11) is 0. The first-order chi connectivity index (χ1) is 10.0. The molecular formula is C16H23ClN4. The molecular weight excluding hydrogens is 284 g/mol. The first-order valence-electron chi connectivity index (χ1n) is 7.52. The summed E-state index contributed by atoms with van der Waals surface area (Å²) in [5.41, 5.74) is 3.12. The van der Waals surface area contributed by atoms with Crippen LogP contribution in [-0.4, -0.2) is 20.8 Å². The molecule has 0 atom stereocenters. The van der Waals surface area contributed by atoms with Crippen LogP contribution in [0.4, 0.5) is 0 Å². The molecule has 2 heterocycles. The Bertz CT molecular complexity index is 604. The molecule has 0 aliphatic carbocycles. The van der Waals surface area contributed by atoms with E-state index in [0.717, 1.165) is 30.0 Å². The molecule has 0 saturated heterocycles. The molecule has 5 heteroatoms. The molecule has 21 heavy (non-hydrogen) atoms. The van der Waals surface area contributed by atoms with Crippen molar-refractivity contribution >= 4 is 11.6 Å². The zero-order chi connectivity index (χ0) is 15.4. The lowest BCUT2D eigenvalue weighted by Crippen LogP contribution is -2.23. The van der Waals surface area contributed by atoms with Gasteiger partial charge in [-0.2, -0.15) is 5.10 Å². The normalized spacial score (nSPS) is 11.3. The highest BCUT2D eigenvalue weighted by Gasteiger charge is 2.11. The molecule has 0 bridgehead atoms. The average Bonchev–Trinajstić information content (AvgIpc) is 2.89. The van der Waals surface area contributed by atoms with Crippen LogP contribution in [0.3, 0.4) is 0 Å². The molecule has 0 amide bonds. The number of hydrogen-bond acceptors (Lipinski definition) is 3. The van der Waals surface area contributed by atoms with Crippen LogP contribution in [0.5, 0.6) is 0 Å². The highest BCUT2D eigenvalue weighted by atomic mass is 35.5. The Hall–Kier alpha value is -1.39. The van der Waals surface area contributed by atoms with Crippen molar-refractivity contribution in [3.8, 4) is 5.82 Å². The maximum atomic E-state index is 6.24. The van der Waals surface area contributed by atoms with Crippen LogP contribution in [-0.2, 0) is 19.4 Å². The number of hydrogen-bond donors (Lipinski definition) is 1. The van der Waals surface area contributed by atoms with E-state index in [1.807, 2.05) is 16.8 Å². The second kappa shape index (κ2) is 7.05. The van der Waals surface area contributed by atoms with Crippen molar-refractivity contribution in [1.29, 1.82) is 0 Å². The van der Waals surface area contributed by atoms with Gasteiger partial charge in [0.1, 0.15) is 0 Å². The fraction of sp³-hybridized carbons (Fsp3) is 0.500. The third kappa shape index (κ3) is 3.83. The van der Waals surface area contributed by atoms with Crippen molar-refractivity contribution in [3.05, 3.63) is 40.3 Å². The van der Waals surface area contributed by atoms with Crippen LogP contribution >= 0.6 is 11.6 Å². The number of rotatable bonds is 6. The Morgan fingerprint density at radius 1 is 1.24 bits per heavy atom. The second-order valence-electron chi connectivity index (χ2n) is 5.38. The van der Waals surface area contributed by atoms with E-state index in [2.05, 4.69) is 49.2 Å². The molecule has 0 fully saturated rings. The monoisotopic (exact) mass is 306 g/mol. The summed E-state index contributed by atoms with van der Waals surface area (Å²) in [5, 5.41) is 8.66. The van der Waals surface area contributed by atoms with Crippen molar-refractivity contribution < 1.29 is 0 Å². The number of pyridine rings is 1. The summed E-state index contributed by atoms with van der Waals surface area (Å²) < 4.78 is 1.92. The van der Waals surface area contributed by atoms with E-state index in [-0.39, 0.29) is 0 Å². The van der Waals surface area contributed by atoms with Gasteiger partial charge in [-0.05, 0) is 31.0 Å². The minimum absolute atomic E-state index is 0.397. The Labute approximate surface area is 131 Å². The molecule has 0 aromatic carbocycles. The molecule has 2 rings (SSSR count). The van der Waals surface area contributed by atoms with Gasteiger partial charge in [-0.15, -0.1) is 0 Å². The molecule has 0 spiro atoms. The van der Waals surface area contributed by atoms with Gasteiger partial charge in [0.15, 0.2) is 5.82 Å². The summed E-state index contributed by atoms with van der Waals surface area (Å²) in [6.07, 6.45) is 1.85. The van der Waals surface area contributed by atoms with E-state index in [0.29, 0.717) is 17.6 Å². The van der Waals surface area contributed by atoms with Crippen molar-refractivity contribution in [2.75, 3.05) is 0 Å². The van der Waals surface area contributed by atoms with E-state index in [1.165, 1.54) is 5.69 Å². The molecule has 1 N–H and O–H groups in total. The van der Waals surface area contributed by atoms with Crippen LogP contribution in [0.1, 0.15) is 44.8 Å². The fourth-order valence-electron chi connectivity index (χ4n) is 2.11. The zero-order valence-corrected chi connectivity index (χ0v) is 13.9. The molecule has 0 unspecified atom stereocenters. The smallest absolute Gasteiger partial charge is 0.154 e. The van der Waals surface area contributed by atoms with Crippen LogP contribution < -0.4 is 5.32 Å². The van der Waals surface area contributed by atoms with Crippen molar-refractivity contribution in [2.24, 2.45) is 0 Å². The highest BCUT2D eigenvalue weighted by Crippen LogP contribution is 2.18. The lowest BCUT2D eigenvalue weighted by Gasteiger charge is -2.11. The standard InChI is InChI=1S/C16H23ClN4/c1-5-12-9-13(6-2)21(20-12)16-8-7-14(17)15(19-16)10-18-11(3)4/h7-9,11,18H,5-6,10H2,1-4H3. The Kier molecular flexibility index (Phi) is 5.37. The average molecular weight is 307 g/mol. The molecule has 0 aliphatic heterocycles.